The van der Waals surface area contributed by atoms with Gasteiger partial charge in [0.2, 0.25) is 0 Å². The van der Waals surface area contributed by atoms with E-state index < -0.39 is 0 Å². The number of hydrogen-bond acceptors (Lipinski definition) is 2. The zero-order valence-electron chi connectivity index (χ0n) is 9.36. The van der Waals surface area contributed by atoms with Gasteiger partial charge in [-0.2, -0.15) is 5.26 Å². The van der Waals surface area contributed by atoms with Gasteiger partial charge in [-0.15, -0.1) is 0 Å². The molecule has 2 nitrogen and oxygen atoms in total. The van der Waals surface area contributed by atoms with Crippen molar-refractivity contribution in [2.45, 2.75) is 6.61 Å². The molecule has 0 aliphatic rings. The first kappa shape index (κ1) is 12.4. The molecule has 0 aliphatic carbocycles. The Morgan fingerprint density at radius 1 is 1.22 bits per heavy atom. The van der Waals surface area contributed by atoms with E-state index in [0.717, 1.165) is 0 Å². The Hall–Kier alpha value is -2.05. The van der Waals surface area contributed by atoms with Crippen molar-refractivity contribution in [3.8, 4) is 11.8 Å². The quantitative estimate of drug-likeness (QED) is 0.839. The Kier molecular flexibility index (Phi) is 3.81. The van der Waals surface area contributed by atoms with Gasteiger partial charge in [-0.1, -0.05) is 17.7 Å². The molecule has 0 heterocycles. The fraction of sp³-hybridized carbons (Fsp3) is 0.0714. The van der Waals surface area contributed by atoms with Crippen LogP contribution in [0.25, 0.3) is 0 Å². The van der Waals surface area contributed by atoms with Gasteiger partial charge in [0, 0.05) is 10.6 Å². The second-order valence-corrected chi connectivity index (χ2v) is 4.10. The number of ether oxygens (including phenoxy) is 1. The maximum Gasteiger partial charge on any atom is 0.129 e. The van der Waals surface area contributed by atoms with Gasteiger partial charge in [0.05, 0.1) is 11.6 Å². The van der Waals surface area contributed by atoms with Crippen molar-refractivity contribution >= 4 is 11.6 Å². The summed E-state index contributed by atoms with van der Waals surface area (Å²) in [6.07, 6.45) is 0. The highest BCUT2D eigenvalue weighted by Gasteiger charge is 2.04. The Bertz CT molecular complexity index is 607. The van der Waals surface area contributed by atoms with Crippen LogP contribution in [0, 0.1) is 17.1 Å². The van der Waals surface area contributed by atoms with Crippen molar-refractivity contribution in [2.24, 2.45) is 0 Å². The molecule has 18 heavy (non-hydrogen) atoms. The van der Waals surface area contributed by atoms with Crippen LogP contribution < -0.4 is 4.74 Å². The van der Waals surface area contributed by atoms with Crippen molar-refractivity contribution in [1.82, 2.24) is 0 Å². The monoisotopic (exact) mass is 261 g/mol. The van der Waals surface area contributed by atoms with E-state index in [1.54, 1.807) is 24.3 Å². The fourth-order valence-corrected chi connectivity index (χ4v) is 1.67. The maximum absolute atomic E-state index is 13.4. The molecule has 0 amide bonds. The molecule has 0 unspecified atom stereocenters. The first-order valence-electron chi connectivity index (χ1n) is 5.26. The highest BCUT2D eigenvalue weighted by molar-refractivity contribution is 6.30. The van der Waals surface area contributed by atoms with Crippen molar-refractivity contribution < 1.29 is 9.13 Å². The van der Waals surface area contributed by atoms with Gasteiger partial charge < -0.3 is 4.74 Å². The topological polar surface area (TPSA) is 33.0 Å². The normalized spacial score (nSPS) is 9.83. The number of rotatable bonds is 3. The van der Waals surface area contributed by atoms with Gasteiger partial charge in [0.15, 0.2) is 0 Å². The number of nitrogens with zero attached hydrogens (tertiary/aromatic N) is 1. The van der Waals surface area contributed by atoms with Gasteiger partial charge in [0.1, 0.15) is 18.2 Å². The number of halogens is 2. The SMILES string of the molecule is N#Cc1cccc(OCc2cc(Cl)ccc2F)c1. The second-order valence-electron chi connectivity index (χ2n) is 3.66. The Morgan fingerprint density at radius 3 is 2.83 bits per heavy atom. The summed E-state index contributed by atoms with van der Waals surface area (Å²) in [7, 11) is 0. The molecule has 0 fully saturated rings. The molecular weight excluding hydrogens is 253 g/mol. The summed E-state index contributed by atoms with van der Waals surface area (Å²) >= 11 is 5.78. The number of benzene rings is 2. The van der Waals surface area contributed by atoms with E-state index in [4.69, 9.17) is 21.6 Å². The van der Waals surface area contributed by atoms with Crippen LogP contribution in [-0.4, -0.2) is 0 Å². The molecule has 0 spiro atoms. The molecule has 2 aromatic rings. The second kappa shape index (κ2) is 5.52. The summed E-state index contributed by atoms with van der Waals surface area (Å²) in [6.45, 7) is 0.0707. The smallest absolute Gasteiger partial charge is 0.129 e. The third kappa shape index (κ3) is 2.99. The summed E-state index contributed by atoms with van der Waals surface area (Å²) < 4.78 is 18.8. The van der Waals surface area contributed by atoms with E-state index >= 15 is 0 Å². The van der Waals surface area contributed by atoms with Crippen LogP contribution in [-0.2, 0) is 6.61 Å². The lowest BCUT2D eigenvalue weighted by Gasteiger charge is -2.07. The van der Waals surface area contributed by atoms with E-state index in [0.29, 0.717) is 21.9 Å². The minimum Gasteiger partial charge on any atom is -0.489 e. The van der Waals surface area contributed by atoms with Crippen LogP contribution in [0.3, 0.4) is 0 Å². The first-order chi connectivity index (χ1) is 8.69. The summed E-state index contributed by atoms with van der Waals surface area (Å²) in [5.74, 6) is 0.157. The van der Waals surface area contributed by atoms with Crippen LogP contribution >= 0.6 is 11.6 Å². The molecule has 0 radical (unpaired) electrons. The van der Waals surface area contributed by atoms with E-state index in [1.165, 1.54) is 18.2 Å². The Balaban J connectivity index is 2.11. The van der Waals surface area contributed by atoms with Crippen LogP contribution in [0.5, 0.6) is 5.75 Å². The van der Waals surface area contributed by atoms with Gasteiger partial charge in [-0.3, -0.25) is 0 Å². The Labute approximate surface area is 109 Å². The summed E-state index contributed by atoms with van der Waals surface area (Å²) in [4.78, 5) is 0. The lowest BCUT2D eigenvalue weighted by Crippen LogP contribution is -1.98. The molecule has 2 aromatic carbocycles. The molecule has 0 aliphatic heterocycles. The molecule has 90 valence electrons. The van der Waals surface area contributed by atoms with Crippen LogP contribution in [0.1, 0.15) is 11.1 Å². The van der Waals surface area contributed by atoms with Crippen molar-refractivity contribution in [2.75, 3.05) is 0 Å². The predicted octanol–water partition coefficient (Wildman–Crippen LogP) is 3.93. The molecular formula is C14H9ClFNO. The molecule has 0 atom stereocenters. The number of hydrogen-bond donors (Lipinski definition) is 0. The summed E-state index contributed by atoms with van der Waals surface area (Å²) in [5.41, 5.74) is 0.879. The number of nitriles is 1. The average molecular weight is 262 g/mol. The highest BCUT2D eigenvalue weighted by atomic mass is 35.5. The lowest BCUT2D eigenvalue weighted by molar-refractivity contribution is 0.300. The predicted molar refractivity (Wildman–Crippen MR) is 66.9 cm³/mol. The van der Waals surface area contributed by atoms with Crippen molar-refractivity contribution in [3.63, 3.8) is 0 Å². The third-order valence-electron chi connectivity index (χ3n) is 2.37. The molecule has 2 rings (SSSR count). The van der Waals surface area contributed by atoms with Gasteiger partial charge in [-0.25, -0.2) is 4.39 Å². The van der Waals surface area contributed by atoms with E-state index in [9.17, 15) is 4.39 Å². The maximum atomic E-state index is 13.4. The van der Waals surface area contributed by atoms with Crippen LogP contribution in [0.15, 0.2) is 42.5 Å². The molecule has 0 aromatic heterocycles. The van der Waals surface area contributed by atoms with E-state index in [2.05, 4.69) is 0 Å². The van der Waals surface area contributed by atoms with Gasteiger partial charge >= 0.3 is 0 Å². The zero-order valence-corrected chi connectivity index (χ0v) is 10.1. The zero-order chi connectivity index (χ0) is 13.0. The summed E-state index contributed by atoms with van der Waals surface area (Å²) in [5, 5.41) is 9.20. The summed E-state index contributed by atoms with van der Waals surface area (Å²) in [6, 6.07) is 13.0. The molecule has 0 saturated carbocycles. The largest absolute Gasteiger partial charge is 0.489 e. The minimum atomic E-state index is -0.365. The molecule has 0 N–H and O–H groups in total. The van der Waals surface area contributed by atoms with Crippen LogP contribution in [0.4, 0.5) is 4.39 Å². The average Bonchev–Trinajstić information content (AvgIpc) is 2.40. The molecule has 0 bridgehead atoms. The Morgan fingerprint density at radius 2 is 2.06 bits per heavy atom. The first-order valence-corrected chi connectivity index (χ1v) is 5.64. The van der Waals surface area contributed by atoms with E-state index in [-0.39, 0.29) is 12.4 Å². The van der Waals surface area contributed by atoms with Gasteiger partial charge in [0.25, 0.3) is 0 Å². The van der Waals surface area contributed by atoms with Crippen molar-refractivity contribution in [1.29, 1.82) is 5.26 Å². The standard InChI is InChI=1S/C14H9ClFNO/c15-12-4-5-14(16)11(7-12)9-18-13-3-1-2-10(6-13)8-17/h1-7H,9H2. The lowest BCUT2D eigenvalue weighted by atomic mass is 10.2. The minimum absolute atomic E-state index is 0.0707. The van der Waals surface area contributed by atoms with E-state index in [1.807, 2.05) is 6.07 Å². The fourth-order valence-electron chi connectivity index (χ4n) is 1.47. The van der Waals surface area contributed by atoms with Crippen molar-refractivity contribution in [3.05, 3.63) is 64.4 Å². The molecule has 0 saturated heterocycles. The highest BCUT2D eigenvalue weighted by Crippen LogP contribution is 2.18. The molecule has 4 heteroatoms. The van der Waals surface area contributed by atoms with Crippen LogP contribution in [0.2, 0.25) is 5.02 Å². The van der Waals surface area contributed by atoms with Gasteiger partial charge in [-0.05, 0) is 36.4 Å². The third-order valence-corrected chi connectivity index (χ3v) is 2.60.